The number of furan rings is 1. The number of hydrogen-bond acceptors (Lipinski definition) is 4. The summed E-state index contributed by atoms with van der Waals surface area (Å²) in [6.07, 6.45) is 5.50. The van der Waals surface area contributed by atoms with Crippen molar-refractivity contribution in [1.29, 1.82) is 0 Å². The maximum Gasteiger partial charge on any atom is 0.303 e. The van der Waals surface area contributed by atoms with Crippen molar-refractivity contribution in [3.63, 3.8) is 0 Å². The van der Waals surface area contributed by atoms with Crippen molar-refractivity contribution in [3.05, 3.63) is 101 Å². The zero-order valence-corrected chi connectivity index (χ0v) is 18.3. The molecule has 4 rings (SSSR count). The first-order valence-electron chi connectivity index (χ1n) is 10.9. The SMILES string of the molecule is CC(=O)OCc1ccc(CN(C)CCC=C2c3ccccc3CCc3ccccc32)o1. The molecule has 4 nitrogen and oxygen atoms in total. The number of fused-ring (bicyclic) bond motifs is 2. The summed E-state index contributed by atoms with van der Waals surface area (Å²) in [6.45, 7) is 3.23. The first-order chi connectivity index (χ1) is 15.1. The molecule has 0 saturated heterocycles. The normalized spacial score (nSPS) is 12.8. The maximum absolute atomic E-state index is 10.9. The van der Waals surface area contributed by atoms with E-state index in [1.54, 1.807) is 0 Å². The Bertz CT molecular complexity index is 1030. The Kier molecular flexibility index (Phi) is 6.68. The molecule has 3 aromatic rings. The van der Waals surface area contributed by atoms with Crippen LogP contribution >= 0.6 is 0 Å². The molecule has 0 spiro atoms. The number of ether oxygens (including phenoxy) is 1. The van der Waals surface area contributed by atoms with E-state index in [4.69, 9.17) is 9.15 Å². The van der Waals surface area contributed by atoms with Crippen LogP contribution in [0.15, 0.2) is 71.2 Å². The van der Waals surface area contributed by atoms with Crippen molar-refractivity contribution < 1.29 is 13.9 Å². The molecule has 0 fully saturated rings. The van der Waals surface area contributed by atoms with Crippen molar-refractivity contribution in [3.8, 4) is 0 Å². The highest BCUT2D eigenvalue weighted by Gasteiger charge is 2.17. The third-order valence-electron chi connectivity index (χ3n) is 5.70. The summed E-state index contributed by atoms with van der Waals surface area (Å²) in [5, 5.41) is 0. The minimum absolute atomic E-state index is 0.184. The summed E-state index contributed by atoms with van der Waals surface area (Å²) < 4.78 is 10.8. The van der Waals surface area contributed by atoms with Crippen LogP contribution in [0.5, 0.6) is 0 Å². The van der Waals surface area contributed by atoms with Crippen LogP contribution in [-0.2, 0) is 35.5 Å². The summed E-state index contributed by atoms with van der Waals surface area (Å²) in [7, 11) is 2.10. The third kappa shape index (κ3) is 5.33. The third-order valence-corrected chi connectivity index (χ3v) is 5.70. The zero-order valence-electron chi connectivity index (χ0n) is 18.3. The number of esters is 1. The quantitative estimate of drug-likeness (QED) is 0.485. The monoisotopic (exact) mass is 415 g/mol. The van der Waals surface area contributed by atoms with E-state index in [0.29, 0.717) is 5.76 Å². The van der Waals surface area contributed by atoms with Crippen molar-refractivity contribution in [2.75, 3.05) is 13.6 Å². The fraction of sp³-hybridized carbons (Fsp3) is 0.296. The minimum atomic E-state index is -0.301. The lowest BCUT2D eigenvalue weighted by Gasteiger charge is -2.16. The molecule has 0 N–H and O–H groups in total. The second-order valence-corrected chi connectivity index (χ2v) is 8.11. The Hall–Kier alpha value is -3.11. The first-order valence-corrected chi connectivity index (χ1v) is 10.9. The van der Waals surface area contributed by atoms with Gasteiger partial charge in [0.15, 0.2) is 0 Å². The Labute approximate surface area is 184 Å². The highest BCUT2D eigenvalue weighted by Crippen LogP contribution is 2.33. The smallest absolute Gasteiger partial charge is 0.303 e. The average molecular weight is 416 g/mol. The van der Waals surface area contributed by atoms with Gasteiger partial charge in [0.05, 0.1) is 6.54 Å². The Morgan fingerprint density at radius 3 is 2.23 bits per heavy atom. The van der Waals surface area contributed by atoms with Crippen LogP contribution in [0.1, 0.15) is 47.1 Å². The fourth-order valence-electron chi connectivity index (χ4n) is 4.17. The highest BCUT2D eigenvalue weighted by molar-refractivity contribution is 5.83. The van der Waals surface area contributed by atoms with Crippen LogP contribution in [0, 0.1) is 0 Å². The van der Waals surface area contributed by atoms with Crippen LogP contribution in [0.3, 0.4) is 0 Å². The summed E-state index contributed by atoms with van der Waals surface area (Å²) in [5.74, 6) is 1.25. The Balaban J connectivity index is 1.43. The van der Waals surface area contributed by atoms with Crippen LogP contribution in [0.2, 0.25) is 0 Å². The molecule has 0 amide bonds. The molecule has 0 unspecified atom stereocenters. The number of carbonyl (C=O) groups excluding carboxylic acids is 1. The first kappa shape index (κ1) is 21.1. The molecule has 0 atom stereocenters. The molecule has 1 heterocycles. The van der Waals surface area contributed by atoms with Crippen LogP contribution in [0.25, 0.3) is 5.57 Å². The van der Waals surface area contributed by atoms with E-state index < -0.39 is 0 Å². The van der Waals surface area contributed by atoms with Gasteiger partial charge in [-0.25, -0.2) is 0 Å². The summed E-state index contributed by atoms with van der Waals surface area (Å²) >= 11 is 0. The van der Waals surface area contributed by atoms with Gasteiger partial charge in [-0.1, -0.05) is 54.6 Å². The molecule has 1 aliphatic rings. The molecule has 0 radical (unpaired) electrons. The number of nitrogens with zero attached hydrogens (tertiary/aromatic N) is 1. The van der Waals surface area contributed by atoms with Crippen LogP contribution in [0.4, 0.5) is 0 Å². The van der Waals surface area contributed by atoms with Crippen molar-refractivity contribution in [1.82, 2.24) is 4.90 Å². The number of rotatable bonds is 7. The Morgan fingerprint density at radius 1 is 0.968 bits per heavy atom. The lowest BCUT2D eigenvalue weighted by Crippen LogP contribution is -2.18. The molecule has 0 bridgehead atoms. The van der Waals surface area contributed by atoms with Crippen LogP contribution in [-0.4, -0.2) is 24.5 Å². The van der Waals surface area contributed by atoms with E-state index >= 15 is 0 Å². The van der Waals surface area contributed by atoms with Gasteiger partial charge in [-0.2, -0.15) is 0 Å². The predicted molar refractivity (Wildman–Crippen MR) is 123 cm³/mol. The van der Waals surface area contributed by atoms with Gasteiger partial charge in [0.1, 0.15) is 18.1 Å². The molecular weight excluding hydrogens is 386 g/mol. The number of carbonyl (C=O) groups is 1. The van der Waals surface area contributed by atoms with Gasteiger partial charge >= 0.3 is 5.97 Å². The fourth-order valence-corrected chi connectivity index (χ4v) is 4.17. The number of hydrogen-bond donors (Lipinski definition) is 0. The van der Waals surface area contributed by atoms with E-state index in [1.165, 1.54) is 34.8 Å². The summed E-state index contributed by atoms with van der Waals surface area (Å²) in [4.78, 5) is 13.2. The molecule has 4 heteroatoms. The lowest BCUT2D eigenvalue weighted by molar-refractivity contribution is -0.142. The predicted octanol–water partition coefficient (Wildman–Crippen LogP) is 5.40. The highest BCUT2D eigenvalue weighted by atomic mass is 16.5. The second kappa shape index (κ2) is 9.80. The van der Waals surface area contributed by atoms with Gasteiger partial charge in [0.25, 0.3) is 0 Å². The van der Waals surface area contributed by atoms with Crippen molar-refractivity contribution >= 4 is 11.5 Å². The maximum atomic E-state index is 10.9. The molecular formula is C27H29NO3. The Morgan fingerprint density at radius 2 is 1.58 bits per heavy atom. The number of benzene rings is 2. The van der Waals surface area contributed by atoms with E-state index in [1.807, 2.05) is 12.1 Å². The average Bonchev–Trinajstić information content (AvgIpc) is 3.15. The molecule has 0 saturated carbocycles. The van der Waals surface area contributed by atoms with E-state index in [0.717, 1.165) is 38.1 Å². The van der Waals surface area contributed by atoms with Gasteiger partial charge in [-0.05, 0) is 66.3 Å². The molecule has 1 aromatic heterocycles. The van der Waals surface area contributed by atoms with Gasteiger partial charge in [0, 0.05) is 13.5 Å². The van der Waals surface area contributed by atoms with Gasteiger partial charge in [0.2, 0.25) is 0 Å². The summed E-state index contributed by atoms with van der Waals surface area (Å²) in [6, 6.07) is 21.4. The lowest BCUT2D eigenvalue weighted by atomic mass is 9.93. The number of aryl methyl sites for hydroxylation is 2. The second-order valence-electron chi connectivity index (χ2n) is 8.11. The van der Waals surface area contributed by atoms with Crippen LogP contribution < -0.4 is 0 Å². The molecule has 2 aromatic carbocycles. The van der Waals surface area contributed by atoms with Crippen molar-refractivity contribution in [2.24, 2.45) is 0 Å². The topological polar surface area (TPSA) is 42.7 Å². The molecule has 1 aliphatic carbocycles. The molecule has 31 heavy (non-hydrogen) atoms. The van der Waals surface area contributed by atoms with Gasteiger partial charge < -0.3 is 9.15 Å². The van der Waals surface area contributed by atoms with Gasteiger partial charge in [-0.3, -0.25) is 9.69 Å². The largest absolute Gasteiger partial charge is 0.461 e. The van der Waals surface area contributed by atoms with Gasteiger partial charge in [-0.15, -0.1) is 0 Å². The molecule has 0 aliphatic heterocycles. The summed E-state index contributed by atoms with van der Waals surface area (Å²) in [5.41, 5.74) is 6.91. The van der Waals surface area contributed by atoms with Crippen molar-refractivity contribution in [2.45, 2.75) is 39.3 Å². The van der Waals surface area contributed by atoms with E-state index in [-0.39, 0.29) is 12.6 Å². The minimum Gasteiger partial charge on any atom is -0.461 e. The standard InChI is InChI=1S/C27H29NO3/c1-20(29)30-19-24-16-15-23(31-24)18-28(2)17-7-12-27-25-10-5-3-8-21(25)13-14-22-9-4-6-11-26(22)27/h3-6,8-12,15-16H,7,13-14,17-19H2,1-2H3. The molecule has 160 valence electrons. The van der Waals surface area contributed by atoms with E-state index in [9.17, 15) is 4.79 Å². The zero-order chi connectivity index (χ0) is 21.6. The van der Waals surface area contributed by atoms with E-state index in [2.05, 4.69) is 66.6 Å².